The number of hydrogen-bond donors (Lipinski definition) is 3. The molecule has 1 saturated carbocycles. The van der Waals surface area contributed by atoms with E-state index in [9.17, 15) is 37.5 Å². The predicted molar refractivity (Wildman–Crippen MR) is 255 cm³/mol. The number of methoxy groups -OCH3 is 1. The summed E-state index contributed by atoms with van der Waals surface area (Å²) in [6.45, 7) is 15.3. The standard InChI is InChI=1S/C50H69F3N8O8/c1-31(67-8)43-38(24-36(26-54-43)59-21-19-58(20-22-59)35-14-15-35)44-39(25-49(6,7)30-68-32(2)62)37-23-33(13-16-42(37)60(44)29-50(51,52)53)34-11-9-17-57(27-34)28-41(55-47(66)69-48(3,4)5)45(63)61-18-10-12-40(56-61)46(64)65/h11,13,16,23-24,26,31,35,40-41,56H,9-10,12,14-15,17-22,25,27-30H2,1-8H3,(H,55,66)(H,64,65)/t31-,40-,41-/m0/s1. The van der Waals surface area contributed by atoms with Gasteiger partial charge in [0.1, 0.15) is 24.2 Å². The number of carbonyl (C=O) groups is 4. The summed E-state index contributed by atoms with van der Waals surface area (Å²) < 4.78 is 63.2. The Labute approximate surface area is 402 Å². The number of alkyl carbamates (subject to hydrolysis) is 1. The summed E-state index contributed by atoms with van der Waals surface area (Å²) in [5.74, 6) is -2.06. The van der Waals surface area contributed by atoms with Crippen molar-refractivity contribution in [2.24, 2.45) is 5.41 Å². The Balaban J connectivity index is 1.29. The third kappa shape index (κ3) is 13.1. The van der Waals surface area contributed by atoms with Crippen LogP contribution >= 0.6 is 0 Å². The van der Waals surface area contributed by atoms with Crippen molar-refractivity contribution in [1.82, 2.24) is 35.1 Å². The molecule has 3 N–H and O–H groups in total. The third-order valence-electron chi connectivity index (χ3n) is 13.2. The number of ether oxygens (including phenoxy) is 3. The summed E-state index contributed by atoms with van der Waals surface area (Å²) in [6, 6.07) is 5.99. The smallest absolute Gasteiger partial charge is 0.408 e. The van der Waals surface area contributed by atoms with E-state index >= 15 is 0 Å². The van der Waals surface area contributed by atoms with Crippen molar-refractivity contribution in [3.05, 3.63) is 53.4 Å². The highest BCUT2D eigenvalue weighted by atomic mass is 19.4. The molecule has 19 heteroatoms. The Kier molecular flexibility index (Phi) is 15.7. The van der Waals surface area contributed by atoms with Crippen LogP contribution in [0.1, 0.15) is 103 Å². The summed E-state index contributed by atoms with van der Waals surface area (Å²) >= 11 is 0. The van der Waals surface area contributed by atoms with Crippen molar-refractivity contribution in [3.8, 4) is 11.3 Å². The zero-order valence-electron chi connectivity index (χ0n) is 41.2. The number of alkyl halides is 3. The molecular formula is C50H69F3N8O8. The zero-order valence-corrected chi connectivity index (χ0v) is 41.2. The van der Waals surface area contributed by atoms with Crippen molar-refractivity contribution in [3.63, 3.8) is 0 Å². The molecule has 5 heterocycles. The van der Waals surface area contributed by atoms with Gasteiger partial charge in [0.15, 0.2) is 0 Å². The molecule has 3 fully saturated rings. The van der Waals surface area contributed by atoms with Crippen LogP contribution in [-0.2, 0) is 41.6 Å². The lowest BCUT2D eigenvalue weighted by molar-refractivity contribution is -0.148. The van der Waals surface area contributed by atoms with Crippen LogP contribution in [0.25, 0.3) is 27.7 Å². The van der Waals surface area contributed by atoms with Crippen LogP contribution in [0.15, 0.2) is 36.5 Å². The Morgan fingerprint density at radius 1 is 0.986 bits per heavy atom. The van der Waals surface area contributed by atoms with Crippen molar-refractivity contribution in [2.45, 2.75) is 130 Å². The van der Waals surface area contributed by atoms with Crippen LogP contribution < -0.4 is 15.6 Å². The molecule has 69 heavy (non-hydrogen) atoms. The average molecular weight is 967 g/mol. The van der Waals surface area contributed by atoms with Gasteiger partial charge in [0.2, 0.25) is 0 Å². The second-order valence-corrected chi connectivity index (χ2v) is 20.7. The average Bonchev–Trinajstić information content (AvgIpc) is 4.11. The number of benzene rings is 1. The van der Waals surface area contributed by atoms with E-state index in [2.05, 4.69) is 26.6 Å². The molecule has 1 aliphatic carbocycles. The van der Waals surface area contributed by atoms with Crippen molar-refractivity contribution in [2.75, 3.05) is 71.0 Å². The molecule has 378 valence electrons. The van der Waals surface area contributed by atoms with Gasteiger partial charge in [0.25, 0.3) is 5.91 Å². The normalized spacial score (nSPS) is 19.8. The first-order valence-corrected chi connectivity index (χ1v) is 24.1. The number of fused-ring (bicyclic) bond motifs is 1. The van der Waals surface area contributed by atoms with Crippen LogP contribution in [-0.4, -0.2) is 149 Å². The number of carboxylic acids is 1. The van der Waals surface area contributed by atoms with Crippen LogP contribution in [0.2, 0.25) is 0 Å². The molecule has 2 saturated heterocycles. The number of hydrazine groups is 1. The summed E-state index contributed by atoms with van der Waals surface area (Å²) in [4.78, 5) is 62.9. The number of aromatic nitrogens is 2. The first kappa shape index (κ1) is 51.6. The molecule has 3 aliphatic heterocycles. The van der Waals surface area contributed by atoms with Gasteiger partial charge in [-0.15, -0.1) is 0 Å². The van der Waals surface area contributed by atoms with Crippen molar-refractivity contribution in [1.29, 1.82) is 0 Å². The molecule has 4 aliphatic rings. The lowest BCUT2D eigenvalue weighted by atomic mass is 9.84. The number of piperazine rings is 1. The van der Waals surface area contributed by atoms with Crippen molar-refractivity contribution < 1.29 is 51.7 Å². The number of aliphatic carboxylic acids is 1. The molecule has 0 spiro atoms. The summed E-state index contributed by atoms with van der Waals surface area (Å²) in [5.41, 5.74) is 6.08. The first-order valence-electron chi connectivity index (χ1n) is 24.1. The fraction of sp³-hybridized carbons (Fsp3) is 0.620. The molecule has 3 atom stereocenters. The van der Waals surface area contributed by atoms with E-state index < -0.39 is 65.9 Å². The topological polar surface area (TPSA) is 171 Å². The Morgan fingerprint density at radius 2 is 1.71 bits per heavy atom. The van der Waals surface area contributed by atoms with E-state index in [1.54, 1.807) is 40.1 Å². The van der Waals surface area contributed by atoms with Gasteiger partial charge < -0.3 is 34.1 Å². The van der Waals surface area contributed by atoms with Gasteiger partial charge >= 0.3 is 24.2 Å². The van der Waals surface area contributed by atoms with Crippen LogP contribution in [0.5, 0.6) is 0 Å². The summed E-state index contributed by atoms with van der Waals surface area (Å²) in [7, 11) is 1.55. The first-order chi connectivity index (χ1) is 32.5. The number of esters is 1. The van der Waals surface area contributed by atoms with E-state index in [0.717, 1.165) is 43.0 Å². The highest BCUT2D eigenvalue weighted by Gasteiger charge is 2.38. The van der Waals surface area contributed by atoms with Gasteiger partial charge in [-0.3, -0.25) is 34.2 Å². The maximum absolute atomic E-state index is 15.0. The summed E-state index contributed by atoms with van der Waals surface area (Å²) in [5, 5.41) is 14.3. The highest BCUT2D eigenvalue weighted by molar-refractivity contribution is 5.95. The minimum Gasteiger partial charge on any atom is -0.480 e. The molecule has 1 aromatic carbocycles. The number of nitrogens with one attached hydrogen (secondary N) is 2. The SMILES string of the molecule is CO[C@@H](C)c1ncc(N2CCN(C3CC3)CC2)cc1-c1c(CC(C)(C)COC(C)=O)c2cc(C3=CCCN(C[C@H](NC(=O)OC(C)(C)C)C(=O)N4CCC[C@@H](C(=O)O)N4)C3)ccc2n1CC(F)(F)F. The van der Waals surface area contributed by atoms with E-state index in [1.165, 1.54) is 29.3 Å². The van der Waals surface area contributed by atoms with Gasteiger partial charge in [-0.05, 0) is 101 Å². The van der Waals surface area contributed by atoms with E-state index in [-0.39, 0.29) is 26.1 Å². The fourth-order valence-corrected chi connectivity index (χ4v) is 9.70. The quantitative estimate of drug-likeness (QED) is 0.126. The highest BCUT2D eigenvalue weighted by Crippen LogP contribution is 2.44. The number of amides is 2. The fourth-order valence-electron chi connectivity index (χ4n) is 9.70. The molecule has 16 nitrogen and oxygen atoms in total. The van der Waals surface area contributed by atoms with Crippen LogP contribution in [0.4, 0.5) is 23.7 Å². The minimum absolute atomic E-state index is 0.0273. The maximum Gasteiger partial charge on any atom is 0.408 e. The lowest BCUT2D eigenvalue weighted by Gasteiger charge is -2.36. The molecule has 3 aromatic rings. The number of carbonyl (C=O) groups excluding carboxylic acids is 3. The third-order valence-corrected chi connectivity index (χ3v) is 13.2. The Hall–Kier alpha value is -5.24. The molecule has 0 radical (unpaired) electrons. The van der Waals surface area contributed by atoms with Gasteiger partial charge in [0, 0.05) is 94.3 Å². The van der Waals surface area contributed by atoms with E-state index in [4.69, 9.17) is 19.2 Å². The zero-order chi connectivity index (χ0) is 50.0. The minimum atomic E-state index is -4.60. The van der Waals surface area contributed by atoms with E-state index in [1.807, 2.05) is 43.9 Å². The van der Waals surface area contributed by atoms with Gasteiger partial charge in [0.05, 0.1) is 36.0 Å². The number of pyridine rings is 1. The second-order valence-electron chi connectivity index (χ2n) is 20.7. The molecule has 0 unspecified atom stereocenters. The number of anilines is 1. The number of nitrogens with zero attached hydrogens (tertiary/aromatic N) is 6. The number of carboxylic acid groups (broad SMARTS) is 1. The molecule has 2 amide bonds. The van der Waals surface area contributed by atoms with E-state index in [0.29, 0.717) is 71.8 Å². The van der Waals surface area contributed by atoms with Gasteiger partial charge in [-0.2, -0.15) is 13.2 Å². The molecular weight excluding hydrogens is 898 g/mol. The number of rotatable bonds is 16. The van der Waals surface area contributed by atoms with Crippen molar-refractivity contribution >= 4 is 46.1 Å². The monoisotopic (exact) mass is 967 g/mol. The number of halogens is 3. The second kappa shape index (κ2) is 21.0. The largest absolute Gasteiger partial charge is 0.480 e. The molecule has 7 rings (SSSR count). The molecule has 0 bridgehead atoms. The maximum atomic E-state index is 15.0. The number of hydrogen-bond acceptors (Lipinski definition) is 12. The molecule has 2 aromatic heterocycles. The Bertz CT molecular complexity index is 2400. The van der Waals surface area contributed by atoms with Crippen LogP contribution in [0, 0.1) is 5.41 Å². The Morgan fingerprint density at radius 3 is 2.35 bits per heavy atom. The lowest BCUT2D eigenvalue weighted by Crippen LogP contribution is -2.62. The van der Waals surface area contributed by atoms with Gasteiger partial charge in [-0.1, -0.05) is 26.0 Å². The van der Waals surface area contributed by atoms with Crippen LogP contribution in [0.3, 0.4) is 0 Å². The predicted octanol–water partition coefficient (Wildman–Crippen LogP) is 6.95. The summed E-state index contributed by atoms with van der Waals surface area (Å²) in [6.07, 6.45) is 1.91. The van der Waals surface area contributed by atoms with Gasteiger partial charge in [-0.25, -0.2) is 10.2 Å².